The van der Waals surface area contributed by atoms with Gasteiger partial charge in [0.05, 0.1) is 5.92 Å². The first-order valence-corrected chi connectivity index (χ1v) is 10.9. The molecule has 1 N–H and O–H groups in total. The van der Waals surface area contributed by atoms with Crippen LogP contribution >= 0.6 is 11.3 Å². The highest BCUT2D eigenvalue weighted by atomic mass is 32.1. The zero-order chi connectivity index (χ0) is 21.4. The largest absolute Gasteiger partial charge is 0.326 e. The Hall–Kier alpha value is -3.58. The number of anilines is 2. The minimum Gasteiger partial charge on any atom is -0.326 e. The molecule has 1 atom stereocenters. The number of amides is 2. The van der Waals surface area contributed by atoms with Crippen molar-refractivity contribution in [2.24, 2.45) is 5.92 Å². The fourth-order valence-corrected chi connectivity index (χ4v) is 4.85. The van der Waals surface area contributed by atoms with Crippen LogP contribution in [0.5, 0.6) is 0 Å². The summed E-state index contributed by atoms with van der Waals surface area (Å²) in [6.07, 6.45) is 1.97. The third-order valence-corrected chi connectivity index (χ3v) is 6.56. The molecule has 1 unspecified atom stereocenters. The molecular formula is C24H20N4O2S. The van der Waals surface area contributed by atoms with Crippen LogP contribution in [0.2, 0.25) is 0 Å². The molecule has 31 heavy (non-hydrogen) atoms. The van der Waals surface area contributed by atoms with Gasteiger partial charge in [-0.2, -0.15) is 0 Å². The average molecular weight is 429 g/mol. The van der Waals surface area contributed by atoms with Gasteiger partial charge in [-0.1, -0.05) is 41.7 Å². The van der Waals surface area contributed by atoms with Crippen LogP contribution < -0.4 is 10.2 Å². The molecule has 1 saturated heterocycles. The van der Waals surface area contributed by atoms with Crippen molar-refractivity contribution in [3.05, 3.63) is 72.4 Å². The maximum atomic E-state index is 13.0. The molecule has 2 aromatic heterocycles. The normalized spacial score (nSPS) is 16.1. The van der Waals surface area contributed by atoms with Crippen LogP contribution in [0.3, 0.4) is 0 Å². The summed E-state index contributed by atoms with van der Waals surface area (Å²) in [4.78, 5) is 37.1. The van der Waals surface area contributed by atoms with Gasteiger partial charge >= 0.3 is 0 Å². The van der Waals surface area contributed by atoms with Crippen LogP contribution in [0.1, 0.15) is 12.0 Å². The SMILES string of the molecule is Cc1c(NC(=O)C2CC(=O)N(c3ccccc3)C2)cccc1-c1nc2cccnc2s1. The summed E-state index contributed by atoms with van der Waals surface area (Å²) >= 11 is 1.53. The van der Waals surface area contributed by atoms with Gasteiger partial charge < -0.3 is 10.2 Å². The van der Waals surface area contributed by atoms with Gasteiger partial charge in [0.1, 0.15) is 15.4 Å². The minimum atomic E-state index is -0.387. The van der Waals surface area contributed by atoms with E-state index in [4.69, 9.17) is 0 Å². The number of aromatic nitrogens is 2. The highest BCUT2D eigenvalue weighted by Gasteiger charge is 2.35. The number of carbonyl (C=O) groups excluding carboxylic acids is 2. The molecule has 5 rings (SSSR count). The van der Waals surface area contributed by atoms with E-state index in [1.165, 1.54) is 11.3 Å². The van der Waals surface area contributed by atoms with Gasteiger partial charge in [-0.15, -0.1) is 0 Å². The van der Waals surface area contributed by atoms with Gasteiger partial charge in [0.2, 0.25) is 11.8 Å². The minimum absolute atomic E-state index is 0.0289. The number of thiazole rings is 1. The number of pyridine rings is 1. The standard InChI is InChI=1S/C24H20N4O2S/c1-15-18(23-27-20-11-6-12-25-24(20)31-23)9-5-10-19(15)26-22(30)16-13-21(29)28(14-16)17-7-3-2-4-8-17/h2-12,16H,13-14H2,1H3,(H,26,30). The van der Waals surface area contributed by atoms with Gasteiger partial charge in [-0.05, 0) is 42.8 Å². The number of nitrogens with zero attached hydrogens (tertiary/aromatic N) is 3. The average Bonchev–Trinajstić information content (AvgIpc) is 3.39. The molecule has 7 heteroatoms. The molecule has 0 bridgehead atoms. The first kappa shape index (κ1) is 19.4. The molecule has 1 fully saturated rings. The first-order chi connectivity index (χ1) is 15.1. The van der Waals surface area contributed by atoms with Gasteiger partial charge in [0.25, 0.3) is 0 Å². The van der Waals surface area contributed by atoms with Crippen molar-refractivity contribution in [1.82, 2.24) is 9.97 Å². The maximum absolute atomic E-state index is 13.0. The summed E-state index contributed by atoms with van der Waals surface area (Å²) in [7, 11) is 0. The Labute approximate surface area is 183 Å². The molecule has 154 valence electrons. The van der Waals surface area contributed by atoms with E-state index in [1.54, 1.807) is 11.1 Å². The fourth-order valence-electron chi connectivity index (χ4n) is 3.86. The Balaban J connectivity index is 1.36. The van der Waals surface area contributed by atoms with Gasteiger partial charge in [-0.25, -0.2) is 9.97 Å². The van der Waals surface area contributed by atoms with Crippen molar-refractivity contribution in [3.63, 3.8) is 0 Å². The van der Waals surface area contributed by atoms with E-state index in [-0.39, 0.29) is 24.2 Å². The Kier molecular flexibility index (Phi) is 4.95. The molecule has 3 heterocycles. The Morgan fingerprint density at radius 1 is 1.10 bits per heavy atom. The number of benzene rings is 2. The van der Waals surface area contributed by atoms with Crippen molar-refractivity contribution >= 4 is 44.9 Å². The number of fused-ring (bicyclic) bond motifs is 1. The molecule has 0 aliphatic carbocycles. The van der Waals surface area contributed by atoms with Crippen molar-refractivity contribution in [2.75, 3.05) is 16.8 Å². The molecule has 4 aromatic rings. The number of nitrogens with one attached hydrogen (secondary N) is 1. The van der Waals surface area contributed by atoms with Crippen LogP contribution in [0.15, 0.2) is 66.9 Å². The molecule has 2 aromatic carbocycles. The van der Waals surface area contributed by atoms with Crippen LogP contribution in [-0.4, -0.2) is 28.3 Å². The van der Waals surface area contributed by atoms with Crippen molar-refractivity contribution in [1.29, 1.82) is 0 Å². The first-order valence-electron chi connectivity index (χ1n) is 10.1. The molecule has 1 aliphatic heterocycles. The number of para-hydroxylation sites is 1. The lowest BCUT2D eigenvalue weighted by molar-refractivity contribution is -0.122. The Morgan fingerprint density at radius 2 is 1.94 bits per heavy atom. The maximum Gasteiger partial charge on any atom is 0.229 e. The van der Waals surface area contributed by atoms with Crippen LogP contribution in [0.25, 0.3) is 20.9 Å². The van der Waals surface area contributed by atoms with Crippen LogP contribution in [-0.2, 0) is 9.59 Å². The van der Waals surface area contributed by atoms with Crippen molar-refractivity contribution in [3.8, 4) is 10.6 Å². The molecule has 1 aliphatic rings. The summed E-state index contributed by atoms with van der Waals surface area (Å²) in [6, 6.07) is 19.1. The van der Waals surface area contributed by atoms with Gasteiger partial charge in [-0.3, -0.25) is 9.59 Å². The molecular weight excluding hydrogens is 408 g/mol. The lowest BCUT2D eigenvalue weighted by atomic mass is 10.0. The van der Waals surface area contributed by atoms with E-state index in [2.05, 4.69) is 15.3 Å². The van der Waals surface area contributed by atoms with E-state index in [0.29, 0.717) is 6.54 Å². The quantitative estimate of drug-likeness (QED) is 0.513. The second-order valence-electron chi connectivity index (χ2n) is 7.56. The Bertz CT molecular complexity index is 1250. The second-order valence-corrected chi connectivity index (χ2v) is 8.53. The van der Waals surface area contributed by atoms with Gasteiger partial charge in [0.15, 0.2) is 0 Å². The van der Waals surface area contributed by atoms with E-state index in [1.807, 2.05) is 67.6 Å². The van der Waals surface area contributed by atoms with E-state index < -0.39 is 0 Å². The molecule has 0 spiro atoms. The van der Waals surface area contributed by atoms with Crippen LogP contribution in [0.4, 0.5) is 11.4 Å². The molecule has 0 radical (unpaired) electrons. The summed E-state index contributed by atoms with van der Waals surface area (Å²) in [5, 5.41) is 3.90. The third kappa shape index (κ3) is 3.68. The summed E-state index contributed by atoms with van der Waals surface area (Å²) in [6.45, 7) is 2.36. The predicted octanol–water partition coefficient (Wildman–Crippen LogP) is 4.66. The molecule has 2 amide bonds. The van der Waals surface area contributed by atoms with E-state index in [0.717, 1.165) is 37.9 Å². The third-order valence-electron chi connectivity index (χ3n) is 5.55. The zero-order valence-electron chi connectivity index (χ0n) is 16.9. The highest BCUT2D eigenvalue weighted by molar-refractivity contribution is 7.21. The predicted molar refractivity (Wildman–Crippen MR) is 123 cm³/mol. The zero-order valence-corrected chi connectivity index (χ0v) is 17.7. The Morgan fingerprint density at radius 3 is 2.74 bits per heavy atom. The number of carbonyl (C=O) groups is 2. The molecule has 6 nitrogen and oxygen atoms in total. The fraction of sp³-hybridized carbons (Fsp3) is 0.167. The van der Waals surface area contributed by atoms with Crippen molar-refractivity contribution < 1.29 is 9.59 Å². The van der Waals surface area contributed by atoms with E-state index >= 15 is 0 Å². The van der Waals surface area contributed by atoms with Crippen molar-refractivity contribution in [2.45, 2.75) is 13.3 Å². The summed E-state index contributed by atoms with van der Waals surface area (Å²) < 4.78 is 0. The monoisotopic (exact) mass is 428 g/mol. The number of rotatable bonds is 4. The lowest BCUT2D eigenvalue weighted by Gasteiger charge is -2.17. The van der Waals surface area contributed by atoms with Crippen LogP contribution in [0, 0.1) is 12.8 Å². The number of hydrogen-bond donors (Lipinski definition) is 1. The summed E-state index contributed by atoms with van der Waals surface area (Å²) in [5.74, 6) is -0.556. The van der Waals surface area contributed by atoms with Gasteiger partial charge in [0, 0.05) is 36.1 Å². The number of hydrogen-bond acceptors (Lipinski definition) is 5. The van der Waals surface area contributed by atoms with E-state index in [9.17, 15) is 9.59 Å². The molecule has 0 saturated carbocycles. The highest BCUT2D eigenvalue weighted by Crippen LogP contribution is 2.34. The summed E-state index contributed by atoms with van der Waals surface area (Å²) in [5.41, 5.74) is 4.33. The second kappa shape index (κ2) is 7.92. The lowest BCUT2D eigenvalue weighted by Crippen LogP contribution is -2.28. The smallest absolute Gasteiger partial charge is 0.229 e. The topological polar surface area (TPSA) is 75.2 Å².